The molecule has 1 aliphatic carbocycles. The van der Waals surface area contributed by atoms with Gasteiger partial charge in [0.25, 0.3) is 0 Å². The second-order valence-corrected chi connectivity index (χ2v) is 6.16. The van der Waals surface area contributed by atoms with Gasteiger partial charge in [0.15, 0.2) is 0 Å². The van der Waals surface area contributed by atoms with Crippen LogP contribution in [0.15, 0.2) is 42.6 Å². The van der Waals surface area contributed by atoms with E-state index in [4.69, 9.17) is 5.84 Å². The average Bonchev–Trinajstić information content (AvgIpc) is 2.93. The fraction of sp³-hybridized carbons (Fsp3) is 0.389. The topological polar surface area (TPSA) is 50.9 Å². The highest BCUT2D eigenvalue weighted by Crippen LogP contribution is 2.40. The molecule has 1 aliphatic rings. The van der Waals surface area contributed by atoms with Crippen LogP contribution in [0, 0.1) is 0 Å². The van der Waals surface area contributed by atoms with Crippen molar-refractivity contribution in [3.63, 3.8) is 0 Å². The first-order chi connectivity index (χ1) is 10.2. The lowest BCUT2D eigenvalue weighted by atomic mass is 9.90. The Kier molecular flexibility index (Phi) is 4.04. The van der Waals surface area contributed by atoms with E-state index in [9.17, 15) is 0 Å². The summed E-state index contributed by atoms with van der Waals surface area (Å²) in [6.07, 6.45) is 4.08. The molecular weight excluding hydrogens is 258 g/mol. The molecule has 0 spiro atoms. The minimum Gasteiger partial charge on any atom is -0.271 e. The zero-order chi connectivity index (χ0) is 14.8. The molecule has 0 saturated heterocycles. The molecule has 0 radical (unpaired) electrons. The summed E-state index contributed by atoms with van der Waals surface area (Å²) >= 11 is 0. The van der Waals surface area contributed by atoms with Gasteiger partial charge in [-0.05, 0) is 41.5 Å². The Balaban J connectivity index is 1.89. The van der Waals surface area contributed by atoms with E-state index < -0.39 is 0 Å². The summed E-state index contributed by atoms with van der Waals surface area (Å²) in [7, 11) is 0. The normalized spacial score (nSPS) is 18.8. The van der Waals surface area contributed by atoms with Crippen molar-refractivity contribution in [3.05, 3.63) is 65.0 Å². The molecule has 0 bridgehead atoms. The first-order valence-electron chi connectivity index (χ1n) is 7.70. The molecule has 1 aromatic carbocycles. The lowest BCUT2D eigenvalue weighted by Gasteiger charge is -2.24. The summed E-state index contributed by atoms with van der Waals surface area (Å²) in [5.74, 6) is 6.77. The van der Waals surface area contributed by atoms with Crippen molar-refractivity contribution >= 4 is 0 Å². The second-order valence-electron chi connectivity index (χ2n) is 6.16. The van der Waals surface area contributed by atoms with Crippen LogP contribution in [-0.4, -0.2) is 4.98 Å². The number of nitrogens with zero attached hydrogens (tertiary/aromatic N) is 1. The quantitative estimate of drug-likeness (QED) is 0.667. The summed E-state index contributed by atoms with van der Waals surface area (Å²) < 4.78 is 0. The van der Waals surface area contributed by atoms with Gasteiger partial charge < -0.3 is 0 Å². The minimum absolute atomic E-state index is 0.127. The van der Waals surface area contributed by atoms with Crippen LogP contribution in [-0.2, 0) is 6.42 Å². The number of benzene rings is 1. The molecule has 3 rings (SSSR count). The fourth-order valence-electron chi connectivity index (χ4n) is 3.30. The van der Waals surface area contributed by atoms with Crippen LogP contribution in [0.25, 0.3) is 0 Å². The van der Waals surface area contributed by atoms with E-state index in [-0.39, 0.29) is 6.04 Å². The highest BCUT2D eigenvalue weighted by Gasteiger charge is 2.31. The third-order valence-electron chi connectivity index (χ3n) is 4.55. The maximum Gasteiger partial charge on any atom is 0.0543 e. The average molecular weight is 281 g/mol. The number of fused-ring (bicyclic) bond motifs is 1. The first-order valence-corrected chi connectivity index (χ1v) is 7.70. The number of nitrogens with two attached hydrogens (primary N) is 1. The van der Waals surface area contributed by atoms with E-state index in [1.165, 1.54) is 22.4 Å². The molecule has 1 heterocycles. The van der Waals surface area contributed by atoms with Gasteiger partial charge in [-0.3, -0.25) is 16.3 Å². The van der Waals surface area contributed by atoms with Crippen molar-refractivity contribution in [2.24, 2.45) is 5.84 Å². The summed E-state index contributed by atoms with van der Waals surface area (Å²) in [5, 5.41) is 0. The Labute approximate surface area is 126 Å². The second kappa shape index (κ2) is 5.96. The summed E-state index contributed by atoms with van der Waals surface area (Å²) in [6, 6.07) is 13.1. The van der Waals surface area contributed by atoms with E-state index >= 15 is 0 Å². The van der Waals surface area contributed by atoms with E-state index in [1.807, 2.05) is 12.3 Å². The molecule has 3 N–H and O–H groups in total. The van der Waals surface area contributed by atoms with Gasteiger partial charge in [-0.15, -0.1) is 0 Å². The Morgan fingerprint density at radius 2 is 1.86 bits per heavy atom. The Bertz CT molecular complexity index is 604. The largest absolute Gasteiger partial charge is 0.271 e. The predicted octanol–water partition coefficient (Wildman–Crippen LogP) is 3.44. The van der Waals surface area contributed by atoms with Crippen LogP contribution in [0.4, 0.5) is 0 Å². The number of rotatable bonds is 4. The highest BCUT2D eigenvalue weighted by molar-refractivity contribution is 5.34. The monoisotopic (exact) mass is 281 g/mol. The van der Waals surface area contributed by atoms with Gasteiger partial charge >= 0.3 is 0 Å². The van der Waals surface area contributed by atoms with Gasteiger partial charge in [-0.1, -0.05) is 44.2 Å². The molecule has 110 valence electrons. The number of hydrogen-bond acceptors (Lipinski definition) is 3. The van der Waals surface area contributed by atoms with Crippen LogP contribution >= 0.6 is 0 Å². The molecule has 0 fully saturated rings. The number of nitrogens with one attached hydrogen (secondary N) is 1. The van der Waals surface area contributed by atoms with Crippen LogP contribution in [0.5, 0.6) is 0 Å². The number of hydrazine groups is 1. The standard InChI is InChI=1S/C18H23N3/c1-12(2)13-5-7-15(8-6-13)18(21-19)16-10-9-14-4-3-11-20-17(14)16/h3-8,11-12,16,18,21H,9-10,19H2,1-2H3. The van der Waals surface area contributed by atoms with Crippen LogP contribution in [0.2, 0.25) is 0 Å². The lowest BCUT2D eigenvalue weighted by molar-refractivity contribution is 0.447. The molecule has 21 heavy (non-hydrogen) atoms. The van der Waals surface area contributed by atoms with Gasteiger partial charge in [0, 0.05) is 17.8 Å². The Morgan fingerprint density at radius 3 is 2.52 bits per heavy atom. The van der Waals surface area contributed by atoms with Gasteiger partial charge in [-0.2, -0.15) is 0 Å². The van der Waals surface area contributed by atoms with Crippen molar-refractivity contribution in [2.75, 3.05) is 0 Å². The molecule has 0 saturated carbocycles. The van der Waals surface area contributed by atoms with Crippen LogP contribution < -0.4 is 11.3 Å². The number of aryl methyl sites for hydroxylation is 1. The number of hydrogen-bond donors (Lipinski definition) is 2. The van der Waals surface area contributed by atoms with E-state index in [0.29, 0.717) is 11.8 Å². The summed E-state index contributed by atoms with van der Waals surface area (Å²) in [5.41, 5.74) is 8.18. The number of pyridine rings is 1. The zero-order valence-electron chi connectivity index (χ0n) is 12.7. The predicted molar refractivity (Wildman–Crippen MR) is 85.9 cm³/mol. The fourth-order valence-corrected chi connectivity index (χ4v) is 3.30. The first kappa shape index (κ1) is 14.2. The van der Waals surface area contributed by atoms with E-state index in [0.717, 1.165) is 12.8 Å². The van der Waals surface area contributed by atoms with Crippen molar-refractivity contribution in [1.82, 2.24) is 10.4 Å². The molecule has 3 nitrogen and oxygen atoms in total. The molecule has 2 atom stereocenters. The van der Waals surface area contributed by atoms with Gasteiger partial charge in [0.05, 0.1) is 6.04 Å². The van der Waals surface area contributed by atoms with Crippen molar-refractivity contribution in [1.29, 1.82) is 0 Å². The maximum atomic E-state index is 5.86. The molecule has 1 aromatic heterocycles. The molecule has 2 aromatic rings. The lowest BCUT2D eigenvalue weighted by Crippen LogP contribution is -2.32. The number of aromatic nitrogens is 1. The van der Waals surface area contributed by atoms with Gasteiger partial charge in [0.2, 0.25) is 0 Å². The molecular formula is C18H23N3. The van der Waals surface area contributed by atoms with Crippen molar-refractivity contribution < 1.29 is 0 Å². The van der Waals surface area contributed by atoms with Gasteiger partial charge in [0.1, 0.15) is 0 Å². The Morgan fingerprint density at radius 1 is 1.14 bits per heavy atom. The van der Waals surface area contributed by atoms with E-state index in [1.54, 1.807) is 0 Å². The molecule has 3 heteroatoms. The van der Waals surface area contributed by atoms with Crippen LogP contribution in [0.1, 0.15) is 60.5 Å². The molecule has 2 unspecified atom stereocenters. The van der Waals surface area contributed by atoms with Crippen molar-refractivity contribution in [2.45, 2.75) is 44.6 Å². The molecule has 0 aliphatic heterocycles. The molecule has 0 amide bonds. The Hall–Kier alpha value is -1.71. The highest BCUT2D eigenvalue weighted by atomic mass is 15.2. The smallest absolute Gasteiger partial charge is 0.0543 e. The summed E-state index contributed by atoms with van der Waals surface area (Å²) in [6.45, 7) is 4.43. The third kappa shape index (κ3) is 2.71. The van der Waals surface area contributed by atoms with Crippen molar-refractivity contribution in [3.8, 4) is 0 Å². The SMILES string of the molecule is CC(C)c1ccc(C(NN)C2CCc3cccnc32)cc1. The summed E-state index contributed by atoms with van der Waals surface area (Å²) in [4.78, 5) is 4.59. The minimum atomic E-state index is 0.127. The maximum absolute atomic E-state index is 5.86. The zero-order valence-corrected chi connectivity index (χ0v) is 12.7. The van der Waals surface area contributed by atoms with Gasteiger partial charge in [-0.25, -0.2) is 0 Å². The van der Waals surface area contributed by atoms with Crippen LogP contribution in [0.3, 0.4) is 0 Å². The third-order valence-corrected chi connectivity index (χ3v) is 4.55. The van der Waals surface area contributed by atoms with E-state index in [2.05, 4.69) is 54.6 Å².